The van der Waals surface area contributed by atoms with E-state index in [4.69, 9.17) is 10.5 Å². The molecule has 3 heterocycles. The van der Waals surface area contributed by atoms with Gasteiger partial charge in [-0.2, -0.15) is 4.31 Å². The Labute approximate surface area is 182 Å². The monoisotopic (exact) mass is 452 g/mol. The van der Waals surface area contributed by atoms with Crippen molar-refractivity contribution in [3.05, 3.63) is 30.2 Å². The van der Waals surface area contributed by atoms with Gasteiger partial charge in [0.05, 0.1) is 12.5 Å². The minimum Gasteiger partial charge on any atom is -0.473 e. The number of aromatic nitrogens is 1. The Morgan fingerprint density at radius 2 is 1.90 bits per heavy atom. The number of hydrogen-bond donors (Lipinski definition) is 1. The number of hydrogen-bond acceptors (Lipinski definition) is 6. The zero-order valence-corrected chi connectivity index (χ0v) is 18.3. The highest BCUT2D eigenvalue weighted by Crippen LogP contribution is 2.37. The molecule has 0 radical (unpaired) electrons. The summed E-state index contributed by atoms with van der Waals surface area (Å²) in [7, 11) is -3.60. The smallest absolute Gasteiger partial charge is 0.244 e. The molecule has 1 aliphatic carbocycles. The SMILES string of the molecule is NC/C(=C\F)COc1ccc(S(=O)(=O)N2CC(C3CCN(C(=O)C4CC4)CC3)C2)cn1. The van der Waals surface area contributed by atoms with Gasteiger partial charge in [0.1, 0.15) is 11.5 Å². The number of carbonyl (C=O) groups excluding carboxylic acids is 1. The van der Waals surface area contributed by atoms with Gasteiger partial charge in [-0.3, -0.25) is 4.79 Å². The number of nitrogens with zero attached hydrogens (tertiary/aromatic N) is 3. The summed E-state index contributed by atoms with van der Waals surface area (Å²) < 4.78 is 45.0. The number of ether oxygens (including phenoxy) is 1. The maximum atomic E-state index is 12.9. The van der Waals surface area contributed by atoms with Gasteiger partial charge >= 0.3 is 0 Å². The molecular formula is C21H29FN4O4S. The zero-order valence-electron chi connectivity index (χ0n) is 17.5. The summed E-state index contributed by atoms with van der Waals surface area (Å²) in [5, 5.41) is 0. The number of amides is 1. The molecule has 1 amide bonds. The van der Waals surface area contributed by atoms with Crippen molar-refractivity contribution in [2.24, 2.45) is 23.5 Å². The van der Waals surface area contributed by atoms with Crippen molar-refractivity contribution in [3.63, 3.8) is 0 Å². The second-order valence-electron chi connectivity index (χ2n) is 8.61. The van der Waals surface area contributed by atoms with Gasteiger partial charge in [-0.05, 0) is 43.6 Å². The lowest BCUT2D eigenvalue weighted by Crippen LogP contribution is -2.54. The molecule has 2 saturated heterocycles. The van der Waals surface area contributed by atoms with Crippen LogP contribution in [-0.2, 0) is 14.8 Å². The Morgan fingerprint density at radius 3 is 2.45 bits per heavy atom. The maximum Gasteiger partial charge on any atom is 0.244 e. The number of likely N-dealkylation sites (tertiary alicyclic amines) is 1. The molecule has 10 heteroatoms. The molecular weight excluding hydrogens is 423 g/mol. The van der Waals surface area contributed by atoms with Gasteiger partial charge < -0.3 is 15.4 Å². The van der Waals surface area contributed by atoms with Crippen molar-refractivity contribution in [2.45, 2.75) is 30.6 Å². The standard InChI is InChI=1S/C21H29FN4O4S/c22-9-15(10-23)14-30-20-4-3-19(11-24-20)31(28,29)26-12-18(13-26)16-5-7-25(8-6-16)21(27)17-1-2-17/h3-4,9,11,16-18H,1-2,5-8,10,12-14,23H2/b15-9+. The van der Waals surface area contributed by atoms with E-state index >= 15 is 0 Å². The Bertz CT molecular complexity index is 919. The first-order valence-electron chi connectivity index (χ1n) is 10.8. The van der Waals surface area contributed by atoms with Gasteiger partial charge in [0.15, 0.2) is 0 Å². The Hall–Kier alpha value is -2.04. The largest absolute Gasteiger partial charge is 0.473 e. The van der Waals surface area contributed by atoms with Crippen molar-refractivity contribution in [1.82, 2.24) is 14.2 Å². The van der Waals surface area contributed by atoms with E-state index < -0.39 is 10.0 Å². The van der Waals surface area contributed by atoms with Crippen molar-refractivity contribution in [3.8, 4) is 5.88 Å². The molecule has 2 N–H and O–H groups in total. The van der Waals surface area contributed by atoms with E-state index in [9.17, 15) is 17.6 Å². The minimum absolute atomic E-state index is 0.0366. The molecule has 4 rings (SSSR count). The summed E-state index contributed by atoms with van der Waals surface area (Å²) in [4.78, 5) is 18.3. The molecule has 0 atom stereocenters. The predicted molar refractivity (Wildman–Crippen MR) is 112 cm³/mol. The third-order valence-corrected chi connectivity index (χ3v) is 8.30. The van der Waals surface area contributed by atoms with E-state index in [1.165, 1.54) is 22.6 Å². The number of sulfonamides is 1. The van der Waals surface area contributed by atoms with E-state index in [0.29, 0.717) is 37.2 Å². The number of halogens is 1. The molecule has 0 bridgehead atoms. The van der Waals surface area contributed by atoms with Crippen LogP contribution in [0.3, 0.4) is 0 Å². The molecule has 0 aromatic carbocycles. The Balaban J connectivity index is 1.26. The molecule has 8 nitrogen and oxygen atoms in total. The van der Waals surface area contributed by atoms with Crippen molar-refractivity contribution < 1.29 is 22.3 Å². The van der Waals surface area contributed by atoms with Gasteiger partial charge in [-0.25, -0.2) is 17.8 Å². The fourth-order valence-corrected chi connectivity index (χ4v) is 5.70. The fraction of sp³-hybridized carbons (Fsp3) is 0.619. The van der Waals surface area contributed by atoms with Crippen LogP contribution >= 0.6 is 0 Å². The molecule has 31 heavy (non-hydrogen) atoms. The van der Waals surface area contributed by atoms with Crippen LogP contribution in [0.1, 0.15) is 25.7 Å². The van der Waals surface area contributed by atoms with Crippen LogP contribution in [0.15, 0.2) is 35.1 Å². The average Bonchev–Trinajstić information content (AvgIpc) is 3.59. The summed E-state index contributed by atoms with van der Waals surface area (Å²) in [5.41, 5.74) is 5.66. The van der Waals surface area contributed by atoms with Crippen LogP contribution in [0.2, 0.25) is 0 Å². The fourth-order valence-electron chi connectivity index (χ4n) is 4.20. The van der Waals surface area contributed by atoms with Crippen LogP contribution in [-0.4, -0.2) is 67.8 Å². The second-order valence-corrected chi connectivity index (χ2v) is 10.5. The summed E-state index contributed by atoms with van der Waals surface area (Å²) >= 11 is 0. The third kappa shape index (κ3) is 4.91. The van der Waals surface area contributed by atoms with Crippen molar-refractivity contribution in [2.75, 3.05) is 39.3 Å². The molecule has 3 aliphatic rings. The highest BCUT2D eigenvalue weighted by atomic mass is 32.2. The van der Waals surface area contributed by atoms with Crippen molar-refractivity contribution >= 4 is 15.9 Å². The van der Waals surface area contributed by atoms with Gasteiger partial charge in [0.25, 0.3) is 0 Å². The van der Waals surface area contributed by atoms with E-state index in [1.54, 1.807) is 0 Å². The minimum atomic E-state index is -3.60. The first kappa shape index (κ1) is 22.2. The summed E-state index contributed by atoms with van der Waals surface area (Å²) in [6.07, 6.45) is 5.61. The van der Waals surface area contributed by atoms with Crippen LogP contribution in [0, 0.1) is 17.8 Å². The van der Waals surface area contributed by atoms with E-state index in [1.807, 2.05) is 4.90 Å². The first-order valence-corrected chi connectivity index (χ1v) is 12.2. The second kappa shape index (κ2) is 9.22. The van der Waals surface area contributed by atoms with Crippen LogP contribution in [0.4, 0.5) is 4.39 Å². The Morgan fingerprint density at radius 1 is 1.19 bits per heavy atom. The first-order chi connectivity index (χ1) is 14.9. The molecule has 1 aromatic rings. The molecule has 0 unspecified atom stereocenters. The third-order valence-electron chi connectivity index (χ3n) is 6.49. The number of piperidine rings is 1. The topological polar surface area (TPSA) is 106 Å². The lowest BCUT2D eigenvalue weighted by molar-refractivity contribution is -0.134. The van der Waals surface area contributed by atoms with E-state index in [2.05, 4.69) is 4.98 Å². The molecule has 2 aliphatic heterocycles. The molecule has 0 spiro atoms. The number of nitrogens with two attached hydrogens (primary N) is 1. The zero-order chi connectivity index (χ0) is 22.0. The Kier molecular flexibility index (Phi) is 6.59. The number of carbonyl (C=O) groups is 1. The quantitative estimate of drug-likeness (QED) is 0.641. The molecule has 1 saturated carbocycles. The normalized spacial score (nSPS) is 21.7. The van der Waals surface area contributed by atoms with Crippen molar-refractivity contribution in [1.29, 1.82) is 0 Å². The summed E-state index contributed by atoms with van der Waals surface area (Å²) in [5.74, 6) is 1.57. The van der Waals surface area contributed by atoms with Gasteiger partial charge in [0, 0.05) is 50.3 Å². The summed E-state index contributed by atoms with van der Waals surface area (Å²) in [6, 6.07) is 2.91. The maximum absolute atomic E-state index is 12.9. The lowest BCUT2D eigenvalue weighted by Gasteiger charge is -2.45. The lowest BCUT2D eigenvalue weighted by atomic mass is 9.81. The van der Waals surface area contributed by atoms with Gasteiger partial charge in [-0.15, -0.1) is 0 Å². The average molecular weight is 453 g/mol. The van der Waals surface area contributed by atoms with Gasteiger partial charge in [-0.1, -0.05) is 0 Å². The number of pyridine rings is 1. The highest BCUT2D eigenvalue weighted by molar-refractivity contribution is 7.89. The van der Waals surface area contributed by atoms with E-state index in [-0.39, 0.29) is 35.4 Å². The molecule has 1 aromatic heterocycles. The van der Waals surface area contributed by atoms with Gasteiger partial charge in [0.2, 0.25) is 21.8 Å². The molecule has 3 fully saturated rings. The van der Waals surface area contributed by atoms with Crippen LogP contribution in [0.25, 0.3) is 0 Å². The van der Waals surface area contributed by atoms with E-state index in [0.717, 1.165) is 38.8 Å². The van der Waals surface area contributed by atoms with Crippen LogP contribution in [0.5, 0.6) is 5.88 Å². The predicted octanol–water partition coefficient (Wildman–Crippen LogP) is 1.54. The highest BCUT2D eigenvalue weighted by Gasteiger charge is 2.42. The molecule has 170 valence electrons. The number of rotatable bonds is 8. The van der Waals surface area contributed by atoms with Crippen LogP contribution < -0.4 is 10.5 Å². The summed E-state index contributed by atoms with van der Waals surface area (Å²) in [6.45, 7) is 2.59.